The van der Waals surface area contributed by atoms with Crippen LogP contribution in [0.5, 0.6) is 0 Å². The molecule has 0 aliphatic carbocycles. The fourth-order valence-corrected chi connectivity index (χ4v) is 2.95. The van der Waals surface area contributed by atoms with Gasteiger partial charge in [-0.05, 0) is 43.5 Å². The predicted octanol–water partition coefficient (Wildman–Crippen LogP) is 4.15. The maximum atomic E-state index is 5.59. The van der Waals surface area contributed by atoms with Gasteiger partial charge in [0.05, 0.1) is 11.8 Å². The highest BCUT2D eigenvalue weighted by atomic mass is 127. The van der Waals surface area contributed by atoms with E-state index >= 15 is 0 Å². The van der Waals surface area contributed by atoms with Crippen molar-refractivity contribution in [1.82, 2.24) is 15.6 Å². The molecule has 0 aliphatic heterocycles. The predicted molar refractivity (Wildman–Crippen MR) is 128 cm³/mol. The van der Waals surface area contributed by atoms with Crippen LogP contribution in [0.2, 0.25) is 0 Å². The van der Waals surface area contributed by atoms with Crippen molar-refractivity contribution in [2.24, 2.45) is 4.99 Å². The van der Waals surface area contributed by atoms with Crippen molar-refractivity contribution in [2.75, 3.05) is 26.2 Å². The van der Waals surface area contributed by atoms with Crippen LogP contribution in [0.3, 0.4) is 0 Å². The first-order valence-corrected chi connectivity index (χ1v) is 9.81. The lowest BCUT2D eigenvalue weighted by Gasteiger charge is -2.12. The number of aliphatic imine (C=N–C) groups is 1. The van der Waals surface area contributed by atoms with Crippen LogP contribution in [-0.2, 0) is 17.8 Å². The molecule has 156 valence electrons. The Labute approximate surface area is 189 Å². The second kappa shape index (κ2) is 13.2. The van der Waals surface area contributed by atoms with Gasteiger partial charge in [-0.15, -0.1) is 24.0 Å². The fraction of sp³-hybridized carbons (Fsp3) is 0.364. The lowest BCUT2D eigenvalue weighted by atomic mass is 10.1. The van der Waals surface area contributed by atoms with Gasteiger partial charge in [0.2, 0.25) is 0 Å². The first-order chi connectivity index (χ1) is 13.9. The molecule has 6 nitrogen and oxygen atoms in total. The van der Waals surface area contributed by atoms with Gasteiger partial charge in [-0.2, -0.15) is 0 Å². The number of guanidine groups is 1. The van der Waals surface area contributed by atoms with E-state index in [2.05, 4.69) is 51.8 Å². The molecule has 3 aromatic rings. The summed E-state index contributed by atoms with van der Waals surface area (Å²) in [4.78, 5) is 9.13. The minimum Gasteiger partial charge on any atom is -0.467 e. The second-order valence-corrected chi connectivity index (χ2v) is 6.42. The van der Waals surface area contributed by atoms with Crippen molar-refractivity contribution in [2.45, 2.75) is 26.4 Å². The number of nitrogens with one attached hydrogen (secondary N) is 2. The Morgan fingerprint density at radius 3 is 2.86 bits per heavy atom. The summed E-state index contributed by atoms with van der Waals surface area (Å²) in [5.41, 5.74) is 2.32. The molecule has 0 unspecified atom stereocenters. The van der Waals surface area contributed by atoms with Gasteiger partial charge in [-0.1, -0.05) is 24.3 Å². The molecule has 0 atom stereocenters. The van der Waals surface area contributed by atoms with Crippen molar-refractivity contribution >= 4 is 40.8 Å². The molecule has 0 radical (unpaired) electrons. The van der Waals surface area contributed by atoms with Gasteiger partial charge in [0, 0.05) is 37.8 Å². The highest BCUT2D eigenvalue weighted by molar-refractivity contribution is 14.0. The summed E-state index contributed by atoms with van der Waals surface area (Å²) in [5.74, 6) is 1.68. The Balaban J connectivity index is 0.00000300. The molecule has 2 heterocycles. The van der Waals surface area contributed by atoms with Crippen LogP contribution in [0.25, 0.3) is 10.9 Å². The Morgan fingerprint density at radius 2 is 2.03 bits per heavy atom. The number of ether oxygens (including phenoxy) is 1. The third kappa shape index (κ3) is 7.66. The van der Waals surface area contributed by atoms with Gasteiger partial charge in [-0.25, -0.2) is 0 Å². The standard InChI is InChI=1S/C22H28N4O2.HI/c1-2-23-22(25-13-6-15-27-17-20-10-5-16-28-20)26-14-11-19-8-3-7-18-9-4-12-24-21(18)19;/h3-5,7-10,12,16H,2,6,11,13-15,17H2,1H3,(H2,23,25,26);1H. The van der Waals surface area contributed by atoms with E-state index in [4.69, 9.17) is 9.15 Å². The normalized spacial score (nSPS) is 11.3. The molecule has 0 saturated carbocycles. The fourth-order valence-electron chi connectivity index (χ4n) is 2.95. The summed E-state index contributed by atoms with van der Waals surface area (Å²) in [6.45, 7) is 5.58. The van der Waals surface area contributed by atoms with Crippen LogP contribution in [0, 0.1) is 0 Å². The molecule has 0 fully saturated rings. The number of rotatable bonds is 10. The number of fused-ring (bicyclic) bond motifs is 1. The molecule has 2 N–H and O–H groups in total. The number of furan rings is 1. The summed E-state index contributed by atoms with van der Waals surface area (Å²) >= 11 is 0. The number of benzene rings is 1. The second-order valence-electron chi connectivity index (χ2n) is 6.42. The van der Waals surface area contributed by atoms with Crippen LogP contribution < -0.4 is 10.6 Å². The summed E-state index contributed by atoms with van der Waals surface area (Å²) in [5, 5.41) is 7.87. The minimum atomic E-state index is 0. The molecule has 1 aromatic carbocycles. The zero-order chi connectivity index (χ0) is 19.4. The molecular formula is C22H29IN4O2. The van der Waals surface area contributed by atoms with Crippen molar-refractivity contribution in [3.63, 3.8) is 0 Å². The zero-order valence-corrected chi connectivity index (χ0v) is 19.1. The Kier molecular flexibility index (Phi) is 10.5. The van der Waals surface area contributed by atoms with Crippen molar-refractivity contribution in [3.8, 4) is 0 Å². The summed E-state index contributed by atoms with van der Waals surface area (Å²) in [7, 11) is 0. The van der Waals surface area contributed by atoms with Crippen LogP contribution in [-0.4, -0.2) is 37.2 Å². The number of halogens is 1. The minimum absolute atomic E-state index is 0. The van der Waals surface area contributed by atoms with Gasteiger partial charge in [0.15, 0.2) is 5.96 Å². The van der Waals surface area contributed by atoms with E-state index in [9.17, 15) is 0 Å². The Morgan fingerprint density at radius 1 is 1.14 bits per heavy atom. The van der Waals surface area contributed by atoms with Crippen LogP contribution in [0.4, 0.5) is 0 Å². The molecule has 7 heteroatoms. The van der Waals surface area contributed by atoms with Gasteiger partial charge in [-0.3, -0.25) is 9.98 Å². The number of pyridine rings is 1. The molecule has 3 rings (SSSR count). The number of para-hydroxylation sites is 1. The maximum absolute atomic E-state index is 5.59. The first-order valence-electron chi connectivity index (χ1n) is 9.81. The van der Waals surface area contributed by atoms with E-state index in [0.717, 1.165) is 43.2 Å². The van der Waals surface area contributed by atoms with Gasteiger partial charge < -0.3 is 19.8 Å². The molecule has 0 bridgehead atoms. The smallest absolute Gasteiger partial charge is 0.191 e. The molecule has 2 aromatic heterocycles. The molecule has 0 amide bonds. The van der Waals surface area contributed by atoms with E-state index in [1.807, 2.05) is 24.4 Å². The third-order valence-electron chi connectivity index (χ3n) is 4.29. The van der Waals surface area contributed by atoms with Gasteiger partial charge in [0.25, 0.3) is 0 Å². The monoisotopic (exact) mass is 508 g/mol. The number of hydrogen-bond donors (Lipinski definition) is 2. The molecule has 0 aliphatic rings. The molecule has 29 heavy (non-hydrogen) atoms. The van der Waals surface area contributed by atoms with Gasteiger partial charge >= 0.3 is 0 Å². The number of aromatic nitrogens is 1. The van der Waals surface area contributed by atoms with E-state index in [0.29, 0.717) is 19.8 Å². The summed E-state index contributed by atoms with van der Waals surface area (Å²) in [6, 6.07) is 14.2. The van der Waals surface area contributed by atoms with Gasteiger partial charge in [0.1, 0.15) is 12.4 Å². The highest BCUT2D eigenvalue weighted by Crippen LogP contribution is 2.15. The lowest BCUT2D eigenvalue weighted by molar-refractivity contribution is 0.105. The average molecular weight is 508 g/mol. The third-order valence-corrected chi connectivity index (χ3v) is 4.29. The average Bonchev–Trinajstić information content (AvgIpc) is 3.24. The topological polar surface area (TPSA) is 71.7 Å². The Bertz CT molecular complexity index is 863. The van der Waals surface area contributed by atoms with Crippen molar-refractivity contribution < 1.29 is 9.15 Å². The largest absolute Gasteiger partial charge is 0.467 e. The number of nitrogens with zero attached hydrogens (tertiary/aromatic N) is 2. The lowest BCUT2D eigenvalue weighted by Crippen LogP contribution is -2.38. The van der Waals surface area contributed by atoms with Crippen LogP contribution in [0.15, 0.2) is 64.3 Å². The van der Waals surface area contributed by atoms with Crippen molar-refractivity contribution in [1.29, 1.82) is 0 Å². The zero-order valence-electron chi connectivity index (χ0n) is 16.8. The van der Waals surface area contributed by atoms with Crippen LogP contribution in [0.1, 0.15) is 24.7 Å². The van der Waals surface area contributed by atoms with Crippen LogP contribution >= 0.6 is 24.0 Å². The Hall–Kier alpha value is -2.13. The van der Waals surface area contributed by atoms with E-state index in [1.165, 1.54) is 10.9 Å². The SMILES string of the molecule is CCNC(=NCCCOCc1ccco1)NCCc1cccc2cccnc12.I. The molecule has 0 spiro atoms. The maximum Gasteiger partial charge on any atom is 0.191 e. The summed E-state index contributed by atoms with van der Waals surface area (Å²) in [6.07, 6.45) is 5.26. The molecular weight excluding hydrogens is 479 g/mol. The quantitative estimate of drug-likeness (QED) is 0.186. The van der Waals surface area contributed by atoms with E-state index < -0.39 is 0 Å². The van der Waals surface area contributed by atoms with E-state index in [1.54, 1.807) is 6.26 Å². The number of hydrogen-bond acceptors (Lipinski definition) is 4. The first kappa shape index (κ1) is 23.2. The summed E-state index contributed by atoms with van der Waals surface area (Å²) < 4.78 is 10.8. The highest BCUT2D eigenvalue weighted by Gasteiger charge is 2.03. The van der Waals surface area contributed by atoms with E-state index in [-0.39, 0.29) is 24.0 Å². The molecule has 0 saturated heterocycles. The van der Waals surface area contributed by atoms with Crippen molar-refractivity contribution in [3.05, 3.63) is 66.2 Å².